The van der Waals surface area contributed by atoms with Gasteiger partial charge in [-0.1, -0.05) is 7.43 Å². The van der Waals surface area contributed by atoms with Crippen molar-refractivity contribution in [3.63, 3.8) is 0 Å². The maximum Gasteiger partial charge on any atom is 0.144 e. The summed E-state index contributed by atoms with van der Waals surface area (Å²) in [4.78, 5) is 0. The second-order valence-electron chi connectivity index (χ2n) is 4.63. The summed E-state index contributed by atoms with van der Waals surface area (Å²) in [7, 11) is 0. The average molecular weight is 389 g/mol. The number of nitrogens with one attached hydrogen (secondary N) is 1. The highest BCUT2D eigenvalue weighted by molar-refractivity contribution is 9.10. The van der Waals surface area contributed by atoms with E-state index >= 15 is 0 Å². The van der Waals surface area contributed by atoms with Gasteiger partial charge >= 0.3 is 0 Å². The fourth-order valence-corrected chi connectivity index (χ4v) is 2.41. The molecule has 0 radical (unpaired) electrons. The van der Waals surface area contributed by atoms with Crippen molar-refractivity contribution >= 4 is 21.8 Å². The maximum atomic E-state index is 14.1. The largest absolute Gasteiger partial charge is 0.494 e. The van der Waals surface area contributed by atoms with Crippen LogP contribution in [0.15, 0.2) is 16.7 Å². The highest BCUT2D eigenvalue weighted by Gasteiger charge is 2.18. The van der Waals surface area contributed by atoms with Gasteiger partial charge in [0.2, 0.25) is 0 Å². The molecule has 0 saturated carbocycles. The van der Waals surface area contributed by atoms with Crippen LogP contribution in [0.4, 0.5) is 8.78 Å². The Bertz CT molecular complexity index is 708. The van der Waals surface area contributed by atoms with E-state index in [9.17, 15) is 8.78 Å². The summed E-state index contributed by atoms with van der Waals surface area (Å²) in [6.07, 6.45) is 0. The summed E-state index contributed by atoms with van der Waals surface area (Å²) in [5.41, 5.74) is 6.20. The number of benzene rings is 1. The van der Waals surface area contributed by atoms with Crippen LogP contribution in [0.2, 0.25) is 0 Å². The van der Waals surface area contributed by atoms with Gasteiger partial charge in [-0.3, -0.25) is 10.1 Å². The maximum absolute atomic E-state index is 14.1. The molecule has 5 nitrogen and oxygen atoms in total. The smallest absolute Gasteiger partial charge is 0.144 e. The summed E-state index contributed by atoms with van der Waals surface area (Å²) < 4.78 is 35.1. The molecule has 0 spiro atoms. The predicted molar refractivity (Wildman–Crippen MR) is 89.0 cm³/mol. The van der Waals surface area contributed by atoms with E-state index < -0.39 is 11.6 Å². The molecule has 0 aliphatic carbocycles. The predicted octanol–water partition coefficient (Wildman–Crippen LogP) is 3.60. The lowest BCUT2D eigenvalue weighted by Crippen LogP contribution is -2.14. The van der Waals surface area contributed by atoms with Crippen LogP contribution in [0.25, 0.3) is 0 Å². The van der Waals surface area contributed by atoms with E-state index in [1.807, 2.05) is 0 Å². The molecule has 0 aliphatic heterocycles. The Labute approximate surface area is 142 Å². The highest BCUT2D eigenvalue weighted by atomic mass is 79.9. The van der Waals surface area contributed by atoms with E-state index in [2.05, 4.69) is 21.0 Å². The normalized spacial score (nSPS) is 10.3. The van der Waals surface area contributed by atoms with Crippen molar-refractivity contribution in [2.45, 2.75) is 27.8 Å². The molecule has 8 heteroatoms. The molecule has 0 aliphatic rings. The Hall–Kier alpha value is -1.96. The Morgan fingerprint density at radius 2 is 1.96 bits per heavy atom. The third-order valence-corrected chi connectivity index (χ3v) is 4.10. The summed E-state index contributed by atoms with van der Waals surface area (Å²) >= 11 is 3.29. The Morgan fingerprint density at radius 3 is 2.39 bits per heavy atom. The average Bonchev–Trinajstić information content (AvgIpc) is 2.71. The lowest BCUT2D eigenvalue weighted by atomic mass is 10.2. The van der Waals surface area contributed by atoms with Crippen LogP contribution >= 0.6 is 15.9 Å². The first-order valence-electron chi connectivity index (χ1n) is 6.53. The summed E-state index contributed by atoms with van der Waals surface area (Å²) in [6, 6.07) is 2.27. The second-order valence-corrected chi connectivity index (χ2v) is 5.39. The van der Waals surface area contributed by atoms with Gasteiger partial charge in [0.05, 0.1) is 13.2 Å². The number of amidine groups is 1. The third-order valence-electron chi connectivity index (χ3n) is 3.10. The van der Waals surface area contributed by atoms with Gasteiger partial charge in [-0.2, -0.15) is 5.10 Å². The Balaban J connectivity index is 0.00000264. The third kappa shape index (κ3) is 3.87. The van der Waals surface area contributed by atoms with Crippen molar-refractivity contribution in [2.24, 2.45) is 5.73 Å². The van der Waals surface area contributed by atoms with Crippen molar-refractivity contribution in [1.82, 2.24) is 9.78 Å². The fraction of sp³-hybridized carbons (Fsp3) is 0.333. The lowest BCUT2D eigenvalue weighted by Gasteiger charge is -2.09. The first-order chi connectivity index (χ1) is 10.3. The van der Waals surface area contributed by atoms with Crippen LogP contribution < -0.4 is 10.5 Å². The van der Waals surface area contributed by atoms with Crippen molar-refractivity contribution in [2.75, 3.05) is 6.61 Å². The number of aromatic nitrogens is 2. The van der Waals surface area contributed by atoms with Gasteiger partial charge in [0.25, 0.3) is 0 Å². The summed E-state index contributed by atoms with van der Waals surface area (Å²) in [5.74, 6) is -1.49. The molecule has 23 heavy (non-hydrogen) atoms. The number of halogens is 3. The van der Waals surface area contributed by atoms with E-state index in [0.29, 0.717) is 16.8 Å². The van der Waals surface area contributed by atoms with Crippen LogP contribution in [0.5, 0.6) is 5.75 Å². The molecule has 0 amide bonds. The van der Waals surface area contributed by atoms with Crippen LogP contribution in [-0.4, -0.2) is 22.2 Å². The number of hydrogen-bond acceptors (Lipinski definition) is 3. The second kappa shape index (κ2) is 7.54. The zero-order chi connectivity index (χ0) is 16.4. The molecule has 0 bridgehead atoms. The van der Waals surface area contributed by atoms with Crippen LogP contribution in [0, 0.1) is 24.0 Å². The number of rotatable bonds is 5. The van der Waals surface area contributed by atoms with Crippen molar-refractivity contribution in [3.05, 3.63) is 45.2 Å². The van der Waals surface area contributed by atoms with Crippen LogP contribution in [0.1, 0.15) is 31.2 Å². The first-order valence-corrected chi connectivity index (χ1v) is 7.32. The van der Waals surface area contributed by atoms with Gasteiger partial charge in [0.1, 0.15) is 33.5 Å². The lowest BCUT2D eigenvalue weighted by molar-refractivity contribution is 0.335. The number of nitrogens with zero attached hydrogens (tertiary/aromatic N) is 2. The van der Waals surface area contributed by atoms with Crippen LogP contribution in [-0.2, 0) is 6.54 Å². The minimum absolute atomic E-state index is 0. The molecule has 2 aromatic rings. The zero-order valence-electron chi connectivity index (χ0n) is 12.1. The zero-order valence-corrected chi connectivity index (χ0v) is 13.7. The number of hydrogen-bond donors (Lipinski definition) is 2. The molecule has 3 N–H and O–H groups in total. The van der Waals surface area contributed by atoms with Crippen molar-refractivity contribution in [3.8, 4) is 5.75 Å². The molecule has 1 heterocycles. The standard InChI is InChI=1S/C14H15BrF2N4O.CH4/c1-3-22-8-4-10(16)9(11(17)5-8)6-21-13(15)7(2)12(20-21)14(18)19;/h4-5H,3,6H2,1-2H3,(H3,18,19);1H4. The minimum Gasteiger partial charge on any atom is -0.494 e. The van der Waals surface area contributed by atoms with Gasteiger partial charge in [0.15, 0.2) is 0 Å². The summed E-state index contributed by atoms with van der Waals surface area (Å²) in [6.45, 7) is 3.65. The van der Waals surface area contributed by atoms with Crippen LogP contribution in [0.3, 0.4) is 0 Å². The van der Waals surface area contributed by atoms with Crippen molar-refractivity contribution < 1.29 is 13.5 Å². The topological polar surface area (TPSA) is 76.9 Å². The molecule has 0 unspecified atom stereocenters. The number of nitrogens with two attached hydrogens (primary N) is 1. The van der Waals surface area contributed by atoms with E-state index in [1.54, 1.807) is 13.8 Å². The van der Waals surface area contributed by atoms with E-state index in [0.717, 1.165) is 12.1 Å². The monoisotopic (exact) mass is 388 g/mol. The van der Waals surface area contributed by atoms with Gasteiger partial charge in [-0.15, -0.1) is 0 Å². The van der Waals surface area contributed by atoms with E-state index in [4.69, 9.17) is 15.9 Å². The van der Waals surface area contributed by atoms with Gasteiger partial charge in [-0.25, -0.2) is 8.78 Å². The molecule has 2 rings (SSSR count). The molecule has 126 valence electrons. The quantitative estimate of drug-likeness (QED) is 0.606. The summed E-state index contributed by atoms with van der Waals surface area (Å²) in [5, 5.41) is 11.5. The van der Waals surface area contributed by atoms with Crippen molar-refractivity contribution in [1.29, 1.82) is 5.41 Å². The van der Waals surface area contributed by atoms with Gasteiger partial charge in [-0.05, 0) is 29.8 Å². The Morgan fingerprint density at radius 1 is 1.39 bits per heavy atom. The van der Waals surface area contributed by atoms with E-state index in [-0.39, 0.29) is 36.8 Å². The molecular weight excluding hydrogens is 370 g/mol. The van der Waals surface area contributed by atoms with Gasteiger partial charge < -0.3 is 10.5 Å². The fourth-order valence-electron chi connectivity index (χ4n) is 2.02. The molecule has 1 aromatic carbocycles. The highest BCUT2D eigenvalue weighted by Crippen LogP contribution is 2.25. The molecule has 0 atom stereocenters. The van der Waals surface area contributed by atoms with Gasteiger partial charge in [0, 0.05) is 23.3 Å². The minimum atomic E-state index is -0.715. The molecular formula is C15H19BrF2N4O. The molecule has 0 fully saturated rings. The van der Waals surface area contributed by atoms with E-state index in [1.165, 1.54) is 4.68 Å². The molecule has 1 aromatic heterocycles. The molecule has 0 saturated heterocycles. The SMILES string of the molecule is C.CCOc1cc(F)c(Cn2nc(C(=N)N)c(C)c2Br)c(F)c1. The Kier molecular flexibility index (Phi) is 6.26. The number of nitrogen functional groups attached to an aromatic ring is 1. The number of ether oxygens (including phenoxy) is 1. The first kappa shape index (κ1) is 19.1.